The summed E-state index contributed by atoms with van der Waals surface area (Å²) in [5, 5.41) is 4.60. The van der Waals surface area contributed by atoms with Crippen molar-refractivity contribution in [2.24, 2.45) is 0 Å². The number of urea groups is 1. The van der Waals surface area contributed by atoms with E-state index in [1.807, 2.05) is 13.8 Å². The minimum Gasteiger partial charge on any atom is -0.447 e. The van der Waals surface area contributed by atoms with Gasteiger partial charge in [0.15, 0.2) is 5.78 Å². The summed E-state index contributed by atoms with van der Waals surface area (Å²) in [6, 6.07) is 9.53. The van der Waals surface area contributed by atoms with Crippen molar-refractivity contribution in [2.45, 2.75) is 39.7 Å². The Balaban J connectivity index is 2.03. The van der Waals surface area contributed by atoms with Crippen LogP contribution < -0.4 is 10.6 Å². The van der Waals surface area contributed by atoms with Crippen molar-refractivity contribution < 1.29 is 23.9 Å². The number of ether oxygens (including phenoxy) is 1. The third-order valence-corrected chi connectivity index (χ3v) is 5.03. The van der Waals surface area contributed by atoms with Gasteiger partial charge in [-0.05, 0) is 26.8 Å². The Morgan fingerprint density at radius 1 is 1.07 bits per heavy atom. The van der Waals surface area contributed by atoms with Gasteiger partial charge in [-0.25, -0.2) is 4.79 Å². The smallest absolute Gasteiger partial charge is 0.321 e. The fourth-order valence-corrected chi connectivity index (χ4v) is 3.67. The van der Waals surface area contributed by atoms with Gasteiger partial charge >= 0.3 is 12.0 Å². The molecular weight excluding hydrogens is 392 g/mol. The fraction of sp³-hybridized carbons (Fsp3) is 0.333. The van der Waals surface area contributed by atoms with Gasteiger partial charge in [-0.1, -0.05) is 30.3 Å². The normalized spacial score (nSPS) is 11.4. The molecule has 2 rings (SSSR count). The minimum absolute atomic E-state index is 0.0186. The number of thiophene rings is 1. The van der Waals surface area contributed by atoms with Gasteiger partial charge in [0.25, 0.3) is 5.91 Å². The average molecular weight is 416 g/mol. The number of esters is 1. The van der Waals surface area contributed by atoms with Crippen LogP contribution in [0.2, 0.25) is 0 Å². The third kappa shape index (κ3) is 6.53. The van der Waals surface area contributed by atoms with Crippen molar-refractivity contribution in [2.75, 3.05) is 6.54 Å². The van der Waals surface area contributed by atoms with Crippen molar-refractivity contribution in [1.29, 1.82) is 0 Å². The first-order chi connectivity index (χ1) is 13.8. The first-order valence-corrected chi connectivity index (χ1v) is 10.1. The summed E-state index contributed by atoms with van der Waals surface area (Å²) in [5.41, 5.74) is 1.03. The number of ketones is 1. The van der Waals surface area contributed by atoms with Gasteiger partial charge in [0.05, 0.1) is 6.42 Å². The number of nitrogens with one attached hydrogen (secondary N) is 2. The molecule has 3 amide bonds. The summed E-state index contributed by atoms with van der Waals surface area (Å²) in [6.07, 6.45) is -1.47. The van der Waals surface area contributed by atoms with E-state index < -0.39 is 24.0 Å². The second kappa shape index (κ2) is 10.5. The summed E-state index contributed by atoms with van der Waals surface area (Å²) < 4.78 is 5.32. The molecular formula is C21H24N2O5S. The molecule has 0 bridgehead atoms. The SMILES string of the molecule is CCNC(=O)NC(=O)C(OC(=O)CCC(=O)c1cc(C)sc1C)c1ccccc1. The number of benzene rings is 1. The van der Waals surface area contributed by atoms with Gasteiger partial charge in [0.2, 0.25) is 6.10 Å². The number of aryl methyl sites for hydroxylation is 2. The molecule has 0 radical (unpaired) electrons. The molecule has 8 heteroatoms. The molecule has 0 saturated carbocycles. The number of imide groups is 1. The molecule has 1 unspecified atom stereocenters. The largest absolute Gasteiger partial charge is 0.447 e. The second-order valence-corrected chi connectivity index (χ2v) is 7.84. The van der Waals surface area contributed by atoms with Crippen LogP contribution in [0.4, 0.5) is 4.79 Å². The highest BCUT2D eigenvalue weighted by Gasteiger charge is 2.26. The maximum absolute atomic E-state index is 12.5. The second-order valence-electron chi connectivity index (χ2n) is 6.38. The Morgan fingerprint density at radius 3 is 2.34 bits per heavy atom. The van der Waals surface area contributed by atoms with E-state index >= 15 is 0 Å². The summed E-state index contributed by atoms with van der Waals surface area (Å²) in [6.45, 7) is 5.84. The zero-order valence-electron chi connectivity index (χ0n) is 16.6. The molecule has 1 aromatic heterocycles. The van der Waals surface area contributed by atoms with Gasteiger partial charge in [-0.2, -0.15) is 0 Å². The van der Waals surface area contributed by atoms with Crippen molar-refractivity contribution in [1.82, 2.24) is 10.6 Å². The standard InChI is InChI=1S/C21H24N2O5S/c1-4-22-21(27)23-20(26)19(15-8-6-5-7-9-15)28-18(25)11-10-17(24)16-12-13(2)29-14(16)3/h5-9,12,19H,4,10-11H2,1-3H3,(H2,22,23,26,27). The highest BCUT2D eigenvalue weighted by atomic mass is 32.1. The van der Waals surface area contributed by atoms with E-state index in [2.05, 4.69) is 10.6 Å². The van der Waals surface area contributed by atoms with Crippen LogP contribution in [0.5, 0.6) is 0 Å². The predicted octanol–water partition coefficient (Wildman–Crippen LogP) is 3.46. The molecule has 2 N–H and O–H groups in total. The van der Waals surface area contributed by atoms with Crippen molar-refractivity contribution >= 4 is 35.0 Å². The number of rotatable bonds is 8. The van der Waals surface area contributed by atoms with Crippen LogP contribution in [-0.2, 0) is 14.3 Å². The van der Waals surface area contributed by atoms with E-state index in [1.54, 1.807) is 43.3 Å². The quantitative estimate of drug-likeness (QED) is 0.507. The zero-order chi connectivity index (χ0) is 21.4. The average Bonchev–Trinajstić information content (AvgIpc) is 3.03. The van der Waals surface area contributed by atoms with Crippen LogP contribution in [0.3, 0.4) is 0 Å². The van der Waals surface area contributed by atoms with E-state index in [9.17, 15) is 19.2 Å². The number of amides is 3. The lowest BCUT2D eigenvalue weighted by molar-refractivity contribution is -0.156. The molecule has 0 aliphatic carbocycles. The van der Waals surface area contributed by atoms with Crippen LogP contribution >= 0.6 is 11.3 Å². The Morgan fingerprint density at radius 2 is 1.76 bits per heavy atom. The molecule has 0 aliphatic heterocycles. The highest BCUT2D eigenvalue weighted by molar-refractivity contribution is 7.12. The van der Waals surface area contributed by atoms with Gasteiger partial charge < -0.3 is 10.1 Å². The summed E-state index contributed by atoms with van der Waals surface area (Å²) >= 11 is 1.53. The lowest BCUT2D eigenvalue weighted by Gasteiger charge is -2.17. The molecule has 0 saturated heterocycles. The maximum atomic E-state index is 12.5. The van der Waals surface area contributed by atoms with Crippen LogP contribution in [0.15, 0.2) is 36.4 Å². The van der Waals surface area contributed by atoms with Gasteiger partial charge in [0, 0.05) is 33.8 Å². The molecule has 1 heterocycles. The van der Waals surface area contributed by atoms with E-state index in [0.717, 1.165) is 9.75 Å². The Hall–Kier alpha value is -3.00. The van der Waals surface area contributed by atoms with Crippen molar-refractivity contribution in [3.8, 4) is 0 Å². The van der Waals surface area contributed by atoms with Crippen LogP contribution in [0.25, 0.3) is 0 Å². The molecule has 0 aliphatic rings. The van der Waals surface area contributed by atoms with Crippen LogP contribution in [-0.4, -0.2) is 30.2 Å². The van der Waals surface area contributed by atoms with Gasteiger partial charge in [-0.15, -0.1) is 11.3 Å². The molecule has 29 heavy (non-hydrogen) atoms. The number of hydrogen-bond acceptors (Lipinski definition) is 6. The highest BCUT2D eigenvalue weighted by Crippen LogP contribution is 2.23. The Bertz CT molecular complexity index is 892. The first-order valence-electron chi connectivity index (χ1n) is 9.25. The summed E-state index contributed by atoms with van der Waals surface area (Å²) in [5.74, 6) is -1.60. The number of hydrogen-bond donors (Lipinski definition) is 2. The van der Waals surface area contributed by atoms with E-state index in [4.69, 9.17) is 4.74 Å². The molecule has 1 atom stereocenters. The topological polar surface area (TPSA) is 102 Å². The van der Waals surface area contributed by atoms with Gasteiger partial charge in [-0.3, -0.25) is 19.7 Å². The van der Waals surface area contributed by atoms with Crippen LogP contribution in [0.1, 0.15) is 51.5 Å². The summed E-state index contributed by atoms with van der Waals surface area (Å²) in [7, 11) is 0. The molecule has 0 spiro atoms. The molecule has 154 valence electrons. The Kier molecular flexibility index (Phi) is 8.09. The van der Waals surface area contributed by atoms with Gasteiger partial charge in [0.1, 0.15) is 0 Å². The maximum Gasteiger partial charge on any atom is 0.321 e. The lowest BCUT2D eigenvalue weighted by atomic mass is 10.1. The lowest BCUT2D eigenvalue weighted by Crippen LogP contribution is -2.42. The summed E-state index contributed by atoms with van der Waals surface area (Å²) in [4.78, 5) is 50.7. The number of carbonyl (C=O) groups excluding carboxylic acids is 4. The molecule has 0 fully saturated rings. The van der Waals surface area contributed by atoms with E-state index in [0.29, 0.717) is 17.7 Å². The third-order valence-electron chi connectivity index (χ3n) is 4.06. The van der Waals surface area contributed by atoms with Crippen molar-refractivity contribution in [3.63, 3.8) is 0 Å². The zero-order valence-corrected chi connectivity index (χ0v) is 17.4. The van der Waals surface area contributed by atoms with E-state index in [-0.39, 0.29) is 18.6 Å². The van der Waals surface area contributed by atoms with E-state index in [1.165, 1.54) is 11.3 Å². The Labute approximate surface area is 173 Å². The fourth-order valence-electron chi connectivity index (χ4n) is 2.73. The van der Waals surface area contributed by atoms with Crippen LogP contribution in [0, 0.1) is 13.8 Å². The minimum atomic E-state index is -1.29. The molecule has 1 aromatic carbocycles. The number of carbonyl (C=O) groups is 4. The number of Topliss-reactive ketones (excluding diaryl/α,β-unsaturated/α-hetero) is 1. The molecule has 2 aromatic rings. The first kappa shape index (κ1) is 22.3. The monoisotopic (exact) mass is 416 g/mol. The predicted molar refractivity (Wildman–Crippen MR) is 110 cm³/mol. The molecule has 7 nitrogen and oxygen atoms in total. The van der Waals surface area contributed by atoms with Crippen molar-refractivity contribution in [3.05, 3.63) is 57.3 Å².